The summed E-state index contributed by atoms with van der Waals surface area (Å²) < 4.78 is 62.0. The van der Waals surface area contributed by atoms with Crippen molar-refractivity contribution in [2.24, 2.45) is 0 Å². The van der Waals surface area contributed by atoms with Crippen LogP contribution in [0.1, 0.15) is 35.2 Å². The highest BCUT2D eigenvalue weighted by molar-refractivity contribution is 7.92. The van der Waals surface area contributed by atoms with Crippen molar-refractivity contribution in [1.29, 1.82) is 0 Å². The lowest BCUT2D eigenvalue weighted by Gasteiger charge is -2.27. The first-order valence-corrected chi connectivity index (χ1v) is 10.5. The Morgan fingerprint density at radius 2 is 1.93 bits per heavy atom. The van der Waals surface area contributed by atoms with E-state index in [4.69, 9.17) is 0 Å². The van der Waals surface area contributed by atoms with Crippen molar-refractivity contribution in [3.05, 3.63) is 53.7 Å². The zero-order valence-electron chi connectivity index (χ0n) is 15.6. The van der Waals surface area contributed by atoms with E-state index >= 15 is 0 Å². The van der Waals surface area contributed by atoms with Crippen LogP contribution in [0.2, 0.25) is 0 Å². The van der Waals surface area contributed by atoms with Crippen molar-refractivity contribution >= 4 is 27.3 Å². The first kappa shape index (κ1) is 21.8. The minimum atomic E-state index is -5.78. The molecule has 1 aliphatic rings. The largest absolute Gasteiger partial charge is 0.503 e. The molecule has 2 aromatic rings. The van der Waals surface area contributed by atoms with Gasteiger partial charge in [0.25, 0.3) is 15.7 Å². The molecule has 0 spiro atoms. The molecule has 0 unspecified atom stereocenters. The van der Waals surface area contributed by atoms with Crippen molar-refractivity contribution in [3.63, 3.8) is 0 Å². The highest BCUT2D eigenvalue weighted by Crippen LogP contribution is 2.30. The van der Waals surface area contributed by atoms with Gasteiger partial charge in [0.15, 0.2) is 5.03 Å². The number of halogens is 3. The molecule has 2 amide bonds. The zero-order chi connectivity index (χ0) is 21.9. The normalized spacial score (nSPS) is 15.2. The first-order valence-electron chi connectivity index (χ1n) is 9.05. The van der Waals surface area contributed by atoms with Gasteiger partial charge in [-0.2, -0.15) is 13.2 Å². The lowest BCUT2D eigenvalue weighted by molar-refractivity contribution is -0.119. The van der Waals surface area contributed by atoms with Gasteiger partial charge in [-0.1, -0.05) is 12.1 Å². The van der Waals surface area contributed by atoms with Crippen LogP contribution in [0.15, 0.2) is 47.6 Å². The van der Waals surface area contributed by atoms with Gasteiger partial charge < -0.3 is 10.2 Å². The molecule has 3 rings (SSSR count). The van der Waals surface area contributed by atoms with Gasteiger partial charge in [-0.05, 0) is 42.7 Å². The molecule has 7 nitrogen and oxygen atoms in total. The third-order valence-electron chi connectivity index (χ3n) is 4.57. The third kappa shape index (κ3) is 4.45. The van der Waals surface area contributed by atoms with Gasteiger partial charge in [-0.15, -0.1) is 0 Å². The SMILES string of the molecule is O=C(NCc1cccc(N2CCCCC2=O)c1)c1cccnc1S(=O)(=O)C(F)(F)F. The predicted molar refractivity (Wildman–Crippen MR) is 101 cm³/mol. The van der Waals surface area contributed by atoms with Crippen LogP contribution in [-0.2, 0) is 21.2 Å². The number of pyridine rings is 1. The summed E-state index contributed by atoms with van der Waals surface area (Å²) in [5, 5.41) is 1.06. The number of sulfone groups is 1. The Balaban J connectivity index is 1.78. The van der Waals surface area contributed by atoms with Crippen LogP contribution in [-0.4, -0.2) is 37.3 Å². The Morgan fingerprint density at radius 3 is 2.63 bits per heavy atom. The molecule has 2 heterocycles. The number of piperidine rings is 1. The number of nitrogens with zero attached hydrogens (tertiary/aromatic N) is 2. The van der Waals surface area contributed by atoms with Crippen molar-refractivity contribution in [3.8, 4) is 0 Å². The van der Waals surface area contributed by atoms with Crippen LogP contribution in [0, 0.1) is 0 Å². The number of benzene rings is 1. The number of hydrogen-bond donors (Lipinski definition) is 1. The van der Waals surface area contributed by atoms with Gasteiger partial charge in [-0.25, -0.2) is 13.4 Å². The van der Waals surface area contributed by atoms with E-state index in [1.54, 1.807) is 29.2 Å². The quantitative estimate of drug-likeness (QED) is 0.770. The minimum Gasteiger partial charge on any atom is -0.348 e. The summed E-state index contributed by atoms with van der Waals surface area (Å²) >= 11 is 0. The molecule has 0 aliphatic carbocycles. The first-order chi connectivity index (χ1) is 14.1. The van der Waals surface area contributed by atoms with Gasteiger partial charge in [-0.3, -0.25) is 9.59 Å². The number of hydrogen-bond acceptors (Lipinski definition) is 5. The second kappa shape index (κ2) is 8.42. The number of carbonyl (C=O) groups is 2. The lowest BCUT2D eigenvalue weighted by atomic mass is 10.1. The van der Waals surface area contributed by atoms with E-state index in [1.807, 2.05) is 0 Å². The van der Waals surface area contributed by atoms with E-state index in [2.05, 4.69) is 10.3 Å². The second-order valence-electron chi connectivity index (χ2n) is 6.66. The highest BCUT2D eigenvalue weighted by atomic mass is 32.2. The maximum Gasteiger partial charge on any atom is 0.503 e. The molecule has 1 fully saturated rings. The second-order valence-corrected chi connectivity index (χ2v) is 8.52. The Hall–Kier alpha value is -2.95. The number of aromatic nitrogens is 1. The summed E-state index contributed by atoms with van der Waals surface area (Å²) in [7, 11) is -5.78. The van der Waals surface area contributed by atoms with Crippen molar-refractivity contribution < 1.29 is 31.2 Å². The van der Waals surface area contributed by atoms with E-state index in [0.717, 1.165) is 25.1 Å². The summed E-state index contributed by atoms with van der Waals surface area (Å²) in [5.74, 6) is -1.01. The van der Waals surface area contributed by atoms with Crippen molar-refractivity contribution in [2.75, 3.05) is 11.4 Å². The molecule has 1 aliphatic heterocycles. The van der Waals surface area contributed by atoms with Crippen LogP contribution in [0.5, 0.6) is 0 Å². The topological polar surface area (TPSA) is 96.4 Å². The van der Waals surface area contributed by atoms with Gasteiger partial charge in [0.2, 0.25) is 5.91 Å². The molecule has 1 N–H and O–H groups in total. The monoisotopic (exact) mass is 441 g/mol. The van der Waals surface area contributed by atoms with Gasteiger partial charge in [0, 0.05) is 31.4 Å². The Kier molecular flexibility index (Phi) is 6.11. The number of nitrogens with one attached hydrogen (secondary N) is 1. The average Bonchev–Trinajstić information content (AvgIpc) is 2.71. The molecule has 30 heavy (non-hydrogen) atoms. The fraction of sp³-hybridized carbons (Fsp3) is 0.316. The average molecular weight is 441 g/mol. The molecule has 160 valence electrons. The molecular weight excluding hydrogens is 423 g/mol. The van der Waals surface area contributed by atoms with Crippen LogP contribution in [0.3, 0.4) is 0 Å². The fourth-order valence-electron chi connectivity index (χ4n) is 3.08. The molecule has 1 aromatic carbocycles. The zero-order valence-corrected chi connectivity index (χ0v) is 16.5. The third-order valence-corrected chi connectivity index (χ3v) is 6.02. The molecule has 0 atom stereocenters. The molecule has 0 radical (unpaired) electrons. The van der Waals surface area contributed by atoms with Gasteiger partial charge >= 0.3 is 5.51 Å². The summed E-state index contributed by atoms with van der Waals surface area (Å²) in [4.78, 5) is 29.4. The van der Waals surface area contributed by atoms with Crippen molar-refractivity contribution in [1.82, 2.24) is 10.3 Å². The van der Waals surface area contributed by atoms with E-state index in [-0.39, 0.29) is 12.5 Å². The maximum atomic E-state index is 12.9. The number of anilines is 1. The summed E-state index contributed by atoms with van der Waals surface area (Å²) in [5.41, 5.74) is -5.01. The van der Waals surface area contributed by atoms with E-state index in [9.17, 15) is 31.2 Å². The molecular formula is C19H18F3N3O4S. The fourth-order valence-corrected chi connectivity index (χ4v) is 3.95. The molecule has 1 saturated heterocycles. The lowest BCUT2D eigenvalue weighted by Crippen LogP contribution is -2.35. The number of amides is 2. The smallest absolute Gasteiger partial charge is 0.348 e. The highest BCUT2D eigenvalue weighted by Gasteiger charge is 2.49. The molecule has 0 bridgehead atoms. The number of alkyl halides is 3. The number of carbonyl (C=O) groups excluding carboxylic acids is 2. The maximum absolute atomic E-state index is 12.9. The standard InChI is InChI=1S/C19H18F3N3O4S/c20-19(21,22)30(28,29)18-15(7-4-9-23-18)17(27)24-12-13-5-3-6-14(11-13)25-10-2-1-8-16(25)26/h3-7,9,11H,1-2,8,10,12H2,(H,24,27). The Morgan fingerprint density at radius 1 is 1.17 bits per heavy atom. The minimum absolute atomic E-state index is 0.000190. The molecule has 0 saturated carbocycles. The molecule has 1 aromatic heterocycles. The summed E-state index contributed by atoms with van der Waals surface area (Å²) in [6, 6.07) is 8.96. The predicted octanol–water partition coefficient (Wildman–Crippen LogP) is 2.82. The number of rotatable bonds is 5. The van der Waals surface area contributed by atoms with Crippen LogP contribution >= 0.6 is 0 Å². The van der Waals surface area contributed by atoms with Crippen LogP contribution in [0.25, 0.3) is 0 Å². The van der Waals surface area contributed by atoms with E-state index in [0.29, 0.717) is 24.2 Å². The van der Waals surface area contributed by atoms with Gasteiger partial charge in [0.1, 0.15) is 0 Å². The van der Waals surface area contributed by atoms with Crippen molar-refractivity contribution in [2.45, 2.75) is 36.3 Å². The summed E-state index contributed by atoms with van der Waals surface area (Å²) in [6.45, 7) is 0.512. The Labute approximate surface area is 170 Å². The van der Waals surface area contributed by atoms with Gasteiger partial charge in [0.05, 0.1) is 5.56 Å². The summed E-state index contributed by atoms with van der Waals surface area (Å²) in [6.07, 6.45) is 3.04. The van der Waals surface area contributed by atoms with Crippen LogP contribution in [0.4, 0.5) is 18.9 Å². The van der Waals surface area contributed by atoms with E-state index in [1.165, 1.54) is 6.07 Å². The van der Waals surface area contributed by atoms with E-state index < -0.39 is 31.8 Å². The van der Waals surface area contributed by atoms with Crippen LogP contribution < -0.4 is 10.2 Å². The Bertz CT molecular complexity index is 1070. The molecule has 11 heteroatoms.